The van der Waals surface area contributed by atoms with Gasteiger partial charge in [-0.05, 0) is 30.9 Å². The maximum atomic E-state index is 5.30. The lowest BCUT2D eigenvalue weighted by Gasteiger charge is -2.22. The minimum atomic E-state index is 0.360. The van der Waals surface area contributed by atoms with Gasteiger partial charge in [0.1, 0.15) is 5.76 Å². The Morgan fingerprint density at radius 3 is 2.67 bits per heavy atom. The Balaban J connectivity index is 2.16. The van der Waals surface area contributed by atoms with E-state index in [1.165, 1.54) is 0 Å². The number of aryl methyl sites for hydroxylation is 1. The molecule has 0 fully saturated rings. The highest BCUT2D eigenvalue weighted by atomic mass is 16.3. The highest BCUT2D eigenvalue weighted by molar-refractivity contribution is 4.98. The fourth-order valence-corrected chi connectivity index (χ4v) is 1.40. The largest absolute Gasteiger partial charge is 0.469 e. The molecule has 0 bridgehead atoms. The molecule has 1 aromatic rings. The lowest BCUT2D eigenvalue weighted by atomic mass is 9.96. The van der Waals surface area contributed by atoms with Crippen molar-refractivity contribution < 1.29 is 4.42 Å². The second-order valence-corrected chi connectivity index (χ2v) is 5.46. The molecule has 0 spiro atoms. The minimum Gasteiger partial charge on any atom is -0.469 e. The quantitative estimate of drug-likeness (QED) is 0.805. The number of furan rings is 1. The van der Waals surface area contributed by atoms with Gasteiger partial charge < -0.3 is 9.73 Å². The van der Waals surface area contributed by atoms with Gasteiger partial charge in [-0.2, -0.15) is 0 Å². The van der Waals surface area contributed by atoms with Crippen LogP contribution in [0.3, 0.4) is 0 Å². The Hall–Kier alpha value is -0.760. The van der Waals surface area contributed by atoms with E-state index < -0.39 is 0 Å². The van der Waals surface area contributed by atoms with Gasteiger partial charge in [0.15, 0.2) is 0 Å². The van der Waals surface area contributed by atoms with Crippen LogP contribution in [0.15, 0.2) is 22.8 Å². The Morgan fingerprint density at radius 2 is 2.13 bits per heavy atom. The molecule has 2 nitrogen and oxygen atoms in total. The second-order valence-electron chi connectivity index (χ2n) is 5.46. The van der Waals surface area contributed by atoms with Gasteiger partial charge in [-0.15, -0.1) is 0 Å². The van der Waals surface area contributed by atoms with E-state index in [-0.39, 0.29) is 0 Å². The summed E-state index contributed by atoms with van der Waals surface area (Å²) in [7, 11) is 0. The highest BCUT2D eigenvalue weighted by Crippen LogP contribution is 2.12. The van der Waals surface area contributed by atoms with Gasteiger partial charge in [0.2, 0.25) is 0 Å². The summed E-state index contributed by atoms with van der Waals surface area (Å²) in [6.07, 6.45) is 3.89. The first kappa shape index (κ1) is 12.3. The number of rotatable bonds is 5. The zero-order valence-electron chi connectivity index (χ0n) is 10.3. The molecule has 1 unspecified atom stereocenters. The molecule has 0 aliphatic heterocycles. The Kier molecular flexibility index (Phi) is 4.40. The van der Waals surface area contributed by atoms with E-state index in [2.05, 4.69) is 33.0 Å². The molecule has 0 amide bonds. The number of nitrogens with one attached hydrogen (secondary N) is 1. The molecule has 1 N–H and O–H groups in total. The maximum Gasteiger partial charge on any atom is 0.103 e. The lowest BCUT2D eigenvalue weighted by Crippen LogP contribution is -2.34. The van der Waals surface area contributed by atoms with E-state index in [0.717, 1.165) is 25.1 Å². The van der Waals surface area contributed by atoms with Gasteiger partial charge in [-0.1, -0.05) is 20.8 Å². The minimum absolute atomic E-state index is 0.360. The van der Waals surface area contributed by atoms with E-state index in [0.29, 0.717) is 11.5 Å². The summed E-state index contributed by atoms with van der Waals surface area (Å²) in [6, 6.07) is 4.54. The van der Waals surface area contributed by atoms with Crippen LogP contribution in [0.5, 0.6) is 0 Å². The van der Waals surface area contributed by atoms with Crippen LogP contribution in [-0.2, 0) is 6.42 Å². The third-order valence-corrected chi connectivity index (χ3v) is 2.38. The van der Waals surface area contributed by atoms with Crippen molar-refractivity contribution in [3.8, 4) is 0 Å². The van der Waals surface area contributed by atoms with E-state index in [1.54, 1.807) is 6.26 Å². The molecule has 86 valence electrons. The molecule has 1 heterocycles. The summed E-state index contributed by atoms with van der Waals surface area (Å²) in [5.74, 6) is 1.08. The average Bonchev–Trinajstić information content (AvgIpc) is 2.62. The third kappa shape index (κ3) is 5.63. The molecular formula is C13H23NO. The third-order valence-electron chi connectivity index (χ3n) is 2.38. The smallest absolute Gasteiger partial charge is 0.103 e. The highest BCUT2D eigenvalue weighted by Gasteiger charge is 2.11. The van der Waals surface area contributed by atoms with Crippen molar-refractivity contribution >= 4 is 0 Å². The van der Waals surface area contributed by atoms with E-state index >= 15 is 0 Å². The molecule has 0 aliphatic carbocycles. The van der Waals surface area contributed by atoms with Crippen molar-refractivity contribution in [2.24, 2.45) is 5.41 Å². The van der Waals surface area contributed by atoms with E-state index in [4.69, 9.17) is 4.42 Å². The number of hydrogen-bond acceptors (Lipinski definition) is 2. The predicted molar refractivity (Wildman–Crippen MR) is 63.9 cm³/mol. The number of hydrogen-bond donors (Lipinski definition) is 1. The van der Waals surface area contributed by atoms with Crippen molar-refractivity contribution in [1.82, 2.24) is 5.32 Å². The Labute approximate surface area is 93.1 Å². The summed E-state index contributed by atoms with van der Waals surface area (Å²) in [5.41, 5.74) is 0.360. The maximum absolute atomic E-state index is 5.30. The molecule has 0 radical (unpaired) electrons. The normalized spacial score (nSPS) is 14.1. The van der Waals surface area contributed by atoms with Crippen LogP contribution in [0.25, 0.3) is 0 Å². The van der Waals surface area contributed by atoms with Crippen molar-refractivity contribution in [2.75, 3.05) is 6.54 Å². The zero-order chi connectivity index (χ0) is 11.3. The molecule has 0 aromatic carbocycles. The zero-order valence-corrected chi connectivity index (χ0v) is 10.3. The van der Waals surface area contributed by atoms with Crippen LogP contribution in [0.2, 0.25) is 0 Å². The van der Waals surface area contributed by atoms with Gasteiger partial charge >= 0.3 is 0 Å². The SMILES string of the molecule is CC(CCc1ccco1)NCC(C)(C)C. The fraction of sp³-hybridized carbons (Fsp3) is 0.692. The summed E-state index contributed by atoms with van der Waals surface area (Å²) in [4.78, 5) is 0. The first-order valence-electron chi connectivity index (χ1n) is 5.73. The van der Waals surface area contributed by atoms with E-state index in [1.807, 2.05) is 12.1 Å². The van der Waals surface area contributed by atoms with Crippen LogP contribution in [0, 0.1) is 5.41 Å². The van der Waals surface area contributed by atoms with Crippen molar-refractivity contribution in [2.45, 2.75) is 46.6 Å². The van der Waals surface area contributed by atoms with Crippen LogP contribution >= 0.6 is 0 Å². The Morgan fingerprint density at radius 1 is 1.40 bits per heavy atom. The molecule has 15 heavy (non-hydrogen) atoms. The lowest BCUT2D eigenvalue weighted by molar-refractivity contribution is 0.347. The molecule has 1 atom stereocenters. The second kappa shape index (κ2) is 5.36. The summed E-state index contributed by atoms with van der Waals surface area (Å²) in [5, 5.41) is 3.54. The first-order valence-corrected chi connectivity index (χ1v) is 5.73. The predicted octanol–water partition coefficient (Wildman–Crippen LogP) is 3.24. The van der Waals surface area contributed by atoms with Gasteiger partial charge in [-0.25, -0.2) is 0 Å². The van der Waals surface area contributed by atoms with Gasteiger partial charge in [0.25, 0.3) is 0 Å². The standard InChI is InChI=1S/C13H23NO/c1-11(14-10-13(2,3)4)7-8-12-6-5-9-15-12/h5-6,9,11,14H,7-8,10H2,1-4H3. The van der Waals surface area contributed by atoms with Gasteiger partial charge in [0, 0.05) is 19.0 Å². The van der Waals surface area contributed by atoms with Crippen LogP contribution in [-0.4, -0.2) is 12.6 Å². The molecule has 0 saturated carbocycles. The Bertz CT molecular complexity index is 259. The van der Waals surface area contributed by atoms with Crippen molar-refractivity contribution in [3.05, 3.63) is 24.2 Å². The van der Waals surface area contributed by atoms with Crippen molar-refractivity contribution in [1.29, 1.82) is 0 Å². The fourth-order valence-electron chi connectivity index (χ4n) is 1.40. The molecule has 0 saturated heterocycles. The summed E-state index contributed by atoms with van der Waals surface area (Å²) in [6.45, 7) is 10.0. The molecule has 2 heteroatoms. The van der Waals surface area contributed by atoms with Crippen LogP contribution in [0.4, 0.5) is 0 Å². The topological polar surface area (TPSA) is 25.2 Å². The summed E-state index contributed by atoms with van der Waals surface area (Å²) >= 11 is 0. The average molecular weight is 209 g/mol. The van der Waals surface area contributed by atoms with Gasteiger partial charge in [0.05, 0.1) is 6.26 Å². The molecule has 0 aliphatic rings. The molecule has 1 rings (SSSR count). The molecule has 1 aromatic heterocycles. The van der Waals surface area contributed by atoms with Gasteiger partial charge in [-0.3, -0.25) is 0 Å². The first-order chi connectivity index (χ1) is 6.97. The molecular weight excluding hydrogens is 186 g/mol. The van der Waals surface area contributed by atoms with Crippen LogP contribution < -0.4 is 5.32 Å². The monoisotopic (exact) mass is 209 g/mol. The summed E-state index contributed by atoms with van der Waals surface area (Å²) < 4.78 is 5.30. The van der Waals surface area contributed by atoms with E-state index in [9.17, 15) is 0 Å². The van der Waals surface area contributed by atoms with Crippen molar-refractivity contribution in [3.63, 3.8) is 0 Å². The van der Waals surface area contributed by atoms with Crippen LogP contribution in [0.1, 0.15) is 39.9 Å².